The van der Waals surface area contributed by atoms with Crippen LogP contribution >= 0.6 is 0 Å². The summed E-state index contributed by atoms with van der Waals surface area (Å²) in [7, 11) is -4.00. The first-order valence-corrected chi connectivity index (χ1v) is 15.6. The average molecular weight is 654 g/mol. The van der Waals surface area contributed by atoms with E-state index in [-0.39, 0.29) is 10.9 Å². The van der Waals surface area contributed by atoms with Gasteiger partial charge in [0, 0.05) is 48.5 Å². The van der Waals surface area contributed by atoms with Gasteiger partial charge in [-0.2, -0.15) is 31.6 Å². The third kappa shape index (κ3) is 9.20. The summed E-state index contributed by atoms with van der Waals surface area (Å²) in [5.41, 5.74) is 1.99. The van der Waals surface area contributed by atoms with E-state index in [1.165, 1.54) is 24.3 Å². The molecule has 0 unspecified atom stereocenters. The summed E-state index contributed by atoms with van der Waals surface area (Å²) in [6, 6.07) is 23.8. The normalized spacial score (nSPS) is 13.9. The fraction of sp³-hybridized carbons (Fsp3) is 0.219. The number of rotatable bonds is 8. The van der Waals surface area contributed by atoms with E-state index in [9.17, 15) is 21.6 Å². The van der Waals surface area contributed by atoms with Crippen LogP contribution in [0.4, 0.5) is 24.7 Å². The molecule has 10 nitrogen and oxygen atoms in total. The number of hydrogen-bond acceptors (Lipinski definition) is 9. The minimum Gasteiger partial charge on any atom is -0.462 e. The van der Waals surface area contributed by atoms with E-state index in [0.717, 1.165) is 41.7 Å². The van der Waals surface area contributed by atoms with Crippen molar-refractivity contribution in [1.29, 1.82) is 0 Å². The number of pyridine rings is 1. The van der Waals surface area contributed by atoms with Crippen molar-refractivity contribution < 1.29 is 35.6 Å². The van der Waals surface area contributed by atoms with E-state index >= 15 is 0 Å². The molecule has 3 aromatic carbocycles. The van der Waals surface area contributed by atoms with E-state index in [0.29, 0.717) is 43.6 Å². The lowest BCUT2D eigenvalue weighted by atomic mass is 10.1. The van der Waals surface area contributed by atoms with Gasteiger partial charge in [-0.05, 0) is 48.5 Å². The molecule has 240 valence electrons. The van der Waals surface area contributed by atoms with E-state index in [1.807, 2.05) is 30.3 Å². The van der Waals surface area contributed by atoms with Crippen molar-refractivity contribution in [3.8, 4) is 17.3 Å². The average Bonchev–Trinajstić information content (AvgIpc) is 3.05. The van der Waals surface area contributed by atoms with Crippen molar-refractivity contribution >= 4 is 32.5 Å². The number of anilines is 2. The standard InChI is InChI=1S/C26H24F3N5O2.C6H6O3S/c27-26(28,29)20-5-7-21(8-6-20)31-24-17-23(19-4-3-18-2-1-9-30-22(18)16-19)32-25(33-24)36-15-12-34-10-13-35-14-11-34;7-10(8,9)6-4-2-1-3-5-6/h1-9,16-17H,10-15H2,(H,31,32,33);1-5H,(H,7,8,9). The number of benzene rings is 3. The number of halogens is 3. The Morgan fingerprint density at radius 2 is 1.65 bits per heavy atom. The first-order valence-electron chi connectivity index (χ1n) is 14.2. The predicted molar refractivity (Wildman–Crippen MR) is 167 cm³/mol. The molecule has 46 heavy (non-hydrogen) atoms. The number of nitrogens with one attached hydrogen (secondary N) is 1. The molecule has 0 spiro atoms. The number of aromatic nitrogens is 3. The van der Waals surface area contributed by atoms with Gasteiger partial charge in [-0.25, -0.2) is 0 Å². The maximum atomic E-state index is 12.9. The molecular weight excluding hydrogens is 623 g/mol. The van der Waals surface area contributed by atoms with Gasteiger partial charge < -0.3 is 14.8 Å². The van der Waals surface area contributed by atoms with Crippen LogP contribution in [0, 0.1) is 0 Å². The molecule has 1 aliphatic heterocycles. The van der Waals surface area contributed by atoms with Crippen LogP contribution in [0.15, 0.2) is 102 Å². The Bertz CT molecular complexity index is 1850. The molecule has 2 aromatic heterocycles. The van der Waals surface area contributed by atoms with Crippen LogP contribution in [-0.4, -0.2) is 72.3 Å². The highest BCUT2D eigenvalue weighted by atomic mass is 32.2. The molecule has 0 amide bonds. The molecule has 14 heteroatoms. The molecule has 5 aromatic rings. The fourth-order valence-electron chi connectivity index (χ4n) is 4.50. The highest BCUT2D eigenvalue weighted by Crippen LogP contribution is 2.31. The minimum absolute atomic E-state index is 0.0741. The van der Waals surface area contributed by atoms with Crippen LogP contribution in [0.25, 0.3) is 22.2 Å². The van der Waals surface area contributed by atoms with Crippen molar-refractivity contribution in [2.75, 3.05) is 44.8 Å². The van der Waals surface area contributed by atoms with Gasteiger partial charge in [0.2, 0.25) is 0 Å². The maximum Gasteiger partial charge on any atom is 0.416 e. The third-order valence-electron chi connectivity index (χ3n) is 6.88. The van der Waals surface area contributed by atoms with E-state index in [1.54, 1.807) is 30.5 Å². The van der Waals surface area contributed by atoms with Gasteiger partial charge in [0.1, 0.15) is 12.4 Å². The van der Waals surface area contributed by atoms with Gasteiger partial charge in [0.15, 0.2) is 0 Å². The largest absolute Gasteiger partial charge is 0.462 e. The summed E-state index contributed by atoms with van der Waals surface area (Å²) >= 11 is 0. The van der Waals surface area contributed by atoms with Crippen molar-refractivity contribution in [1.82, 2.24) is 19.9 Å². The van der Waals surface area contributed by atoms with Gasteiger partial charge in [-0.3, -0.25) is 14.4 Å². The summed E-state index contributed by atoms with van der Waals surface area (Å²) in [6.45, 7) is 4.18. The smallest absolute Gasteiger partial charge is 0.416 e. The van der Waals surface area contributed by atoms with E-state index < -0.39 is 21.9 Å². The summed E-state index contributed by atoms with van der Waals surface area (Å²) in [5.74, 6) is 0.405. The van der Waals surface area contributed by atoms with Crippen molar-refractivity contribution in [2.45, 2.75) is 11.1 Å². The van der Waals surface area contributed by atoms with Crippen LogP contribution in [0.2, 0.25) is 0 Å². The Balaban J connectivity index is 0.000000356. The Kier molecular flexibility index (Phi) is 10.4. The number of alkyl halides is 3. The number of fused-ring (bicyclic) bond motifs is 1. The summed E-state index contributed by atoms with van der Waals surface area (Å²) < 4.78 is 79.3. The van der Waals surface area contributed by atoms with Gasteiger partial charge in [0.05, 0.1) is 34.9 Å². The minimum atomic E-state index is -4.40. The molecule has 3 heterocycles. The third-order valence-corrected chi connectivity index (χ3v) is 7.74. The molecule has 0 radical (unpaired) electrons. The van der Waals surface area contributed by atoms with Gasteiger partial charge >= 0.3 is 12.2 Å². The molecule has 6 rings (SSSR count). The lowest BCUT2D eigenvalue weighted by molar-refractivity contribution is -0.137. The molecule has 2 N–H and O–H groups in total. The number of morpholine rings is 1. The van der Waals surface area contributed by atoms with Crippen LogP contribution in [-0.2, 0) is 21.0 Å². The van der Waals surface area contributed by atoms with Crippen LogP contribution in [0.1, 0.15) is 5.56 Å². The summed E-state index contributed by atoms with van der Waals surface area (Å²) in [4.78, 5) is 15.6. The predicted octanol–water partition coefficient (Wildman–Crippen LogP) is 6.10. The van der Waals surface area contributed by atoms with E-state index in [2.05, 4.69) is 25.2 Å². The maximum absolute atomic E-state index is 12.9. The molecular formula is C32H30F3N5O5S. The fourth-order valence-corrected chi connectivity index (χ4v) is 5.00. The Labute approximate surface area is 263 Å². The molecule has 0 bridgehead atoms. The zero-order valence-corrected chi connectivity index (χ0v) is 25.2. The van der Waals surface area contributed by atoms with E-state index in [4.69, 9.17) is 14.0 Å². The summed E-state index contributed by atoms with van der Waals surface area (Å²) in [5, 5.41) is 4.07. The van der Waals surface area contributed by atoms with Crippen molar-refractivity contribution in [3.05, 3.63) is 103 Å². The molecule has 0 aliphatic carbocycles. The zero-order chi connectivity index (χ0) is 32.6. The number of ether oxygens (including phenoxy) is 2. The van der Waals surface area contributed by atoms with Crippen molar-refractivity contribution in [2.24, 2.45) is 0 Å². The highest BCUT2D eigenvalue weighted by molar-refractivity contribution is 7.85. The Hall–Kier alpha value is -4.63. The highest BCUT2D eigenvalue weighted by Gasteiger charge is 2.30. The quantitative estimate of drug-likeness (QED) is 0.190. The SMILES string of the molecule is FC(F)(F)c1ccc(Nc2cc(-c3ccc4cccnc4c3)nc(OCCN3CCOCC3)n2)cc1.O=S(=O)(O)c1ccccc1. The Morgan fingerprint density at radius 3 is 2.33 bits per heavy atom. The first kappa shape index (κ1) is 32.8. The number of hydrogen-bond donors (Lipinski definition) is 2. The lowest BCUT2D eigenvalue weighted by Crippen LogP contribution is -2.38. The second-order valence-corrected chi connectivity index (χ2v) is 11.5. The van der Waals surface area contributed by atoms with Gasteiger partial charge in [-0.15, -0.1) is 0 Å². The van der Waals surface area contributed by atoms with Crippen LogP contribution < -0.4 is 10.1 Å². The molecule has 0 saturated carbocycles. The van der Waals surface area contributed by atoms with Gasteiger partial charge in [0.25, 0.3) is 10.1 Å². The second kappa shape index (κ2) is 14.6. The lowest BCUT2D eigenvalue weighted by Gasteiger charge is -2.26. The summed E-state index contributed by atoms with van der Waals surface area (Å²) in [6.07, 6.45) is -2.67. The molecule has 1 aliphatic rings. The van der Waals surface area contributed by atoms with Crippen molar-refractivity contribution in [3.63, 3.8) is 0 Å². The number of nitrogens with zero attached hydrogens (tertiary/aromatic N) is 4. The monoisotopic (exact) mass is 653 g/mol. The molecule has 1 saturated heterocycles. The zero-order valence-electron chi connectivity index (χ0n) is 24.4. The molecule has 0 atom stereocenters. The molecule has 1 fully saturated rings. The topological polar surface area (TPSA) is 127 Å². The Morgan fingerprint density at radius 1 is 0.913 bits per heavy atom. The second-order valence-electron chi connectivity index (χ2n) is 10.1. The van der Waals surface area contributed by atoms with Gasteiger partial charge in [-0.1, -0.05) is 36.4 Å². The first-order chi connectivity index (χ1) is 22.0. The van der Waals surface area contributed by atoms with Crippen LogP contribution in [0.3, 0.4) is 0 Å². The van der Waals surface area contributed by atoms with Crippen LogP contribution in [0.5, 0.6) is 6.01 Å².